The van der Waals surface area contributed by atoms with Crippen molar-refractivity contribution in [3.8, 4) is 0 Å². The van der Waals surface area contributed by atoms with Crippen LogP contribution in [0.1, 0.15) is 11.1 Å². The Morgan fingerprint density at radius 1 is 1.15 bits per heavy atom. The second-order valence-electron chi connectivity index (χ2n) is 4.81. The van der Waals surface area contributed by atoms with E-state index < -0.39 is 0 Å². The van der Waals surface area contributed by atoms with E-state index in [0.717, 1.165) is 11.1 Å². The molecule has 2 nitrogen and oxygen atoms in total. The van der Waals surface area contributed by atoms with Gasteiger partial charge in [0.05, 0.1) is 5.69 Å². The minimum absolute atomic E-state index is 0.222. The van der Waals surface area contributed by atoms with Gasteiger partial charge in [-0.2, -0.15) is 0 Å². The topological polar surface area (TPSA) is 29.3 Å². The van der Waals surface area contributed by atoms with Gasteiger partial charge in [0.1, 0.15) is 5.82 Å². The Morgan fingerprint density at radius 3 is 2.60 bits per heavy atom. The summed E-state index contributed by atoms with van der Waals surface area (Å²) in [6.07, 6.45) is 0.690. The van der Waals surface area contributed by atoms with Crippen molar-refractivity contribution in [2.75, 3.05) is 18.5 Å². The van der Waals surface area contributed by atoms with Crippen LogP contribution in [-0.4, -0.2) is 13.6 Å². The third-order valence-corrected chi connectivity index (χ3v) is 3.40. The molecule has 0 saturated carbocycles. The van der Waals surface area contributed by atoms with Crippen LogP contribution in [0.4, 0.5) is 10.1 Å². The molecule has 2 aromatic carbocycles. The lowest BCUT2D eigenvalue weighted by molar-refractivity contribution is 0.620. The van der Waals surface area contributed by atoms with Gasteiger partial charge in [-0.05, 0) is 48.4 Å². The highest BCUT2D eigenvalue weighted by molar-refractivity contribution is 6.30. The molecular weight excluding hydrogens is 275 g/mol. The molecule has 0 amide bonds. The summed E-state index contributed by atoms with van der Waals surface area (Å²) in [7, 11) is 1.86. The summed E-state index contributed by atoms with van der Waals surface area (Å²) in [5.74, 6) is -0.222. The molecule has 106 valence electrons. The Balaban J connectivity index is 2.14. The first-order valence-corrected chi connectivity index (χ1v) is 6.92. The second kappa shape index (κ2) is 6.73. The molecule has 0 spiro atoms. The Morgan fingerprint density at radius 2 is 1.95 bits per heavy atom. The maximum atomic E-state index is 14.1. The SMILES string of the molecule is CN(Cc1cccc(Cl)c1)c1ccc(CCN)cc1F. The van der Waals surface area contributed by atoms with Crippen molar-refractivity contribution in [3.05, 3.63) is 64.4 Å². The molecule has 0 bridgehead atoms. The van der Waals surface area contributed by atoms with E-state index in [9.17, 15) is 4.39 Å². The van der Waals surface area contributed by atoms with E-state index in [4.69, 9.17) is 17.3 Å². The number of halogens is 2. The number of hydrogen-bond acceptors (Lipinski definition) is 2. The van der Waals surface area contributed by atoms with Crippen LogP contribution in [-0.2, 0) is 13.0 Å². The molecule has 0 aliphatic rings. The molecule has 0 aliphatic carbocycles. The van der Waals surface area contributed by atoms with Gasteiger partial charge in [-0.3, -0.25) is 0 Å². The first kappa shape index (κ1) is 14.8. The van der Waals surface area contributed by atoms with E-state index in [0.29, 0.717) is 30.2 Å². The van der Waals surface area contributed by atoms with Crippen LogP contribution in [0.5, 0.6) is 0 Å². The molecule has 0 atom stereocenters. The Bertz CT molecular complexity index is 586. The average molecular weight is 293 g/mol. The van der Waals surface area contributed by atoms with Crippen LogP contribution in [0.25, 0.3) is 0 Å². The number of hydrogen-bond donors (Lipinski definition) is 1. The van der Waals surface area contributed by atoms with Gasteiger partial charge in [0.25, 0.3) is 0 Å². The monoisotopic (exact) mass is 292 g/mol. The van der Waals surface area contributed by atoms with E-state index >= 15 is 0 Å². The third kappa shape index (κ3) is 3.71. The highest BCUT2D eigenvalue weighted by Crippen LogP contribution is 2.22. The normalized spacial score (nSPS) is 10.6. The van der Waals surface area contributed by atoms with E-state index in [1.165, 1.54) is 0 Å². The lowest BCUT2D eigenvalue weighted by atomic mass is 10.1. The molecule has 2 aromatic rings. The van der Waals surface area contributed by atoms with Crippen molar-refractivity contribution in [1.82, 2.24) is 0 Å². The molecule has 4 heteroatoms. The van der Waals surface area contributed by atoms with Gasteiger partial charge < -0.3 is 10.6 Å². The molecule has 0 aromatic heterocycles. The molecule has 2 rings (SSSR count). The molecule has 0 radical (unpaired) electrons. The molecule has 0 fully saturated rings. The number of nitrogens with zero attached hydrogens (tertiary/aromatic N) is 1. The summed E-state index contributed by atoms with van der Waals surface area (Å²) in [5.41, 5.74) is 8.02. The summed E-state index contributed by atoms with van der Waals surface area (Å²) in [6.45, 7) is 1.13. The van der Waals surface area contributed by atoms with Gasteiger partial charge in [0.15, 0.2) is 0 Å². The number of benzene rings is 2. The number of nitrogens with two attached hydrogens (primary N) is 1. The zero-order valence-corrected chi connectivity index (χ0v) is 12.2. The van der Waals surface area contributed by atoms with Crippen LogP contribution in [0.3, 0.4) is 0 Å². The van der Waals surface area contributed by atoms with Crippen LogP contribution >= 0.6 is 11.6 Å². The van der Waals surface area contributed by atoms with Gasteiger partial charge in [0, 0.05) is 18.6 Å². The van der Waals surface area contributed by atoms with Crippen molar-refractivity contribution in [1.29, 1.82) is 0 Å². The molecule has 2 N–H and O–H groups in total. The van der Waals surface area contributed by atoms with Crippen LogP contribution in [0, 0.1) is 5.82 Å². The highest BCUT2D eigenvalue weighted by Gasteiger charge is 2.09. The van der Waals surface area contributed by atoms with E-state index in [1.807, 2.05) is 42.3 Å². The van der Waals surface area contributed by atoms with Gasteiger partial charge in [0.2, 0.25) is 0 Å². The standard InChI is InChI=1S/C16H18ClFN2/c1-20(11-13-3-2-4-14(17)9-13)16-6-5-12(7-8-19)10-15(16)18/h2-6,9-10H,7-8,11,19H2,1H3. The fraction of sp³-hybridized carbons (Fsp3) is 0.250. The molecule has 20 heavy (non-hydrogen) atoms. The smallest absolute Gasteiger partial charge is 0.146 e. The summed E-state index contributed by atoms with van der Waals surface area (Å²) in [4.78, 5) is 1.87. The highest BCUT2D eigenvalue weighted by atomic mass is 35.5. The van der Waals surface area contributed by atoms with Gasteiger partial charge in [-0.25, -0.2) is 4.39 Å². The maximum Gasteiger partial charge on any atom is 0.146 e. The van der Waals surface area contributed by atoms with Crippen molar-refractivity contribution >= 4 is 17.3 Å². The Kier molecular flexibility index (Phi) is 4.99. The molecule has 0 unspecified atom stereocenters. The zero-order valence-electron chi connectivity index (χ0n) is 11.4. The van der Waals surface area contributed by atoms with Crippen molar-refractivity contribution in [2.45, 2.75) is 13.0 Å². The van der Waals surface area contributed by atoms with Crippen molar-refractivity contribution < 1.29 is 4.39 Å². The van der Waals surface area contributed by atoms with E-state index in [2.05, 4.69) is 0 Å². The predicted octanol–water partition coefficient (Wildman–Crippen LogP) is 3.62. The molecule has 0 heterocycles. The predicted molar refractivity (Wildman–Crippen MR) is 82.7 cm³/mol. The zero-order chi connectivity index (χ0) is 14.5. The number of rotatable bonds is 5. The van der Waals surface area contributed by atoms with Crippen LogP contribution in [0.2, 0.25) is 5.02 Å². The minimum Gasteiger partial charge on any atom is -0.368 e. The Hall–Kier alpha value is -1.58. The van der Waals surface area contributed by atoms with Crippen LogP contribution in [0.15, 0.2) is 42.5 Å². The molecular formula is C16H18ClFN2. The summed E-state index contributed by atoms with van der Waals surface area (Å²) < 4.78 is 14.1. The quantitative estimate of drug-likeness (QED) is 0.912. The van der Waals surface area contributed by atoms with Gasteiger partial charge in [-0.1, -0.05) is 29.8 Å². The van der Waals surface area contributed by atoms with Gasteiger partial charge >= 0.3 is 0 Å². The summed E-state index contributed by atoms with van der Waals surface area (Å²) in [6, 6.07) is 12.8. The number of anilines is 1. The second-order valence-corrected chi connectivity index (χ2v) is 5.25. The summed E-state index contributed by atoms with van der Waals surface area (Å²) >= 11 is 5.96. The lowest BCUT2D eigenvalue weighted by Gasteiger charge is -2.20. The van der Waals surface area contributed by atoms with Gasteiger partial charge in [-0.15, -0.1) is 0 Å². The molecule has 0 saturated heterocycles. The minimum atomic E-state index is -0.222. The average Bonchev–Trinajstić information content (AvgIpc) is 2.39. The van der Waals surface area contributed by atoms with Crippen LogP contribution < -0.4 is 10.6 Å². The maximum absolute atomic E-state index is 14.1. The van der Waals surface area contributed by atoms with E-state index in [1.54, 1.807) is 12.1 Å². The largest absolute Gasteiger partial charge is 0.368 e. The van der Waals surface area contributed by atoms with Crippen molar-refractivity contribution in [3.63, 3.8) is 0 Å². The van der Waals surface area contributed by atoms with E-state index in [-0.39, 0.29) is 5.82 Å². The van der Waals surface area contributed by atoms with Crippen molar-refractivity contribution in [2.24, 2.45) is 5.73 Å². The third-order valence-electron chi connectivity index (χ3n) is 3.17. The fourth-order valence-corrected chi connectivity index (χ4v) is 2.39. The Labute approximate surface area is 124 Å². The molecule has 0 aliphatic heterocycles. The first-order chi connectivity index (χ1) is 9.60. The lowest BCUT2D eigenvalue weighted by Crippen LogP contribution is -2.18. The fourth-order valence-electron chi connectivity index (χ4n) is 2.18. The summed E-state index contributed by atoms with van der Waals surface area (Å²) in [5, 5.41) is 0.690. The first-order valence-electron chi connectivity index (χ1n) is 6.54.